The zero-order valence-electron chi connectivity index (χ0n) is 8.87. The van der Waals surface area contributed by atoms with Gasteiger partial charge in [0.1, 0.15) is 0 Å². The van der Waals surface area contributed by atoms with E-state index in [1.165, 1.54) is 7.05 Å². The fraction of sp³-hybridized carbons (Fsp3) is 0.600. The number of hydrogen-bond donors (Lipinski definition) is 1. The normalized spacial score (nSPS) is 26.7. The monoisotopic (exact) mass is 197 g/mol. The Balaban J connectivity index is 3.19. The Morgan fingerprint density at radius 2 is 1.93 bits per heavy atom. The zero-order valence-corrected chi connectivity index (χ0v) is 8.87. The topological polar surface area (TPSA) is 57.6 Å². The molecule has 78 valence electrons. The van der Waals surface area contributed by atoms with Crippen LogP contribution in [0.3, 0.4) is 0 Å². The summed E-state index contributed by atoms with van der Waals surface area (Å²) >= 11 is 0. The predicted octanol–water partition coefficient (Wildman–Crippen LogP) is 0.800. The van der Waals surface area contributed by atoms with Crippen LogP contribution in [0.1, 0.15) is 20.8 Å². The van der Waals surface area contributed by atoms with Crippen molar-refractivity contribution in [2.24, 2.45) is 5.41 Å². The van der Waals surface area contributed by atoms with Crippen LogP contribution in [0.5, 0.6) is 0 Å². The van der Waals surface area contributed by atoms with Gasteiger partial charge in [-0.15, -0.1) is 0 Å². The minimum absolute atomic E-state index is 0.266. The molecule has 1 aliphatic rings. The number of likely N-dealkylation sites (N-methyl/N-ethyl adjacent to an activating group) is 1. The molecule has 0 saturated heterocycles. The van der Waals surface area contributed by atoms with E-state index in [4.69, 9.17) is 0 Å². The molecule has 14 heavy (non-hydrogen) atoms. The van der Waals surface area contributed by atoms with Crippen molar-refractivity contribution in [1.82, 2.24) is 5.06 Å². The molecule has 4 nitrogen and oxygen atoms in total. The third kappa shape index (κ3) is 1.63. The number of rotatable bonds is 1. The highest BCUT2D eigenvalue weighted by molar-refractivity contribution is 6.18. The maximum absolute atomic E-state index is 11.8. The molecule has 0 aliphatic heterocycles. The van der Waals surface area contributed by atoms with Gasteiger partial charge in [-0.3, -0.25) is 9.59 Å². The zero-order chi connectivity index (χ0) is 11.1. The number of hydroxylamine groups is 2. The van der Waals surface area contributed by atoms with Gasteiger partial charge in [-0.05, 0) is 26.3 Å². The lowest BCUT2D eigenvalue weighted by Crippen LogP contribution is -2.51. The highest BCUT2D eigenvalue weighted by Crippen LogP contribution is 2.29. The van der Waals surface area contributed by atoms with Gasteiger partial charge in [0.05, 0.1) is 0 Å². The molecule has 0 radical (unpaired) electrons. The molecule has 1 rings (SSSR count). The maximum atomic E-state index is 11.8. The fourth-order valence-corrected chi connectivity index (χ4v) is 1.71. The lowest BCUT2D eigenvalue weighted by atomic mass is 9.75. The average Bonchev–Trinajstić information content (AvgIpc) is 2.00. The smallest absolute Gasteiger partial charge is 0.185 e. The van der Waals surface area contributed by atoms with Crippen LogP contribution in [-0.2, 0) is 9.59 Å². The van der Waals surface area contributed by atoms with Crippen LogP contribution in [0.4, 0.5) is 0 Å². The Labute approximate surface area is 83.2 Å². The number of nitrogens with zero attached hydrogens (tertiary/aromatic N) is 1. The van der Waals surface area contributed by atoms with Crippen LogP contribution in [0.2, 0.25) is 0 Å². The number of carbonyl (C=O) groups is 2. The van der Waals surface area contributed by atoms with Crippen LogP contribution in [0, 0.1) is 5.41 Å². The summed E-state index contributed by atoms with van der Waals surface area (Å²) in [5.74, 6) is -0.586. The molecule has 0 aromatic rings. The molecule has 0 spiro atoms. The molecule has 0 aromatic carbocycles. The van der Waals surface area contributed by atoms with Gasteiger partial charge in [-0.1, -0.05) is 6.08 Å². The van der Waals surface area contributed by atoms with E-state index in [1.54, 1.807) is 26.8 Å². The molecule has 1 N–H and O–H groups in total. The van der Waals surface area contributed by atoms with Crippen molar-refractivity contribution in [2.75, 3.05) is 7.05 Å². The van der Waals surface area contributed by atoms with E-state index in [9.17, 15) is 14.8 Å². The van der Waals surface area contributed by atoms with Crippen molar-refractivity contribution >= 4 is 11.6 Å². The molecule has 1 unspecified atom stereocenters. The second-order valence-electron chi connectivity index (χ2n) is 4.25. The van der Waals surface area contributed by atoms with E-state index >= 15 is 0 Å². The molecular weight excluding hydrogens is 182 g/mol. The first-order valence-corrected chi connectivity index (χ1v) is 4.47. The van der Waals surface area contributed by atoms with Gasteiger partial charge < -0.3 is 5.21 Å². The number of allylic oxidation sites excluding steroid dienone is 1. The molecule has 0 fully saturated rings. The third-order valence-electron chi connectivity index (χ3n) is 2.47. The van der Waals surface area contributed by atoms with Gasteiger partial charge in [-0.25, -0.2) is 0 Å². The summed E-state index contributed by atoms with van der Waals surface area (Å²) in [7, 11) is 1.31. The Morgan fingerprint density at radius 3 is 2.36 bits per heavy atom. The third-order valence-corrected chi connectivity index (χ3v) is 2.47. The summed E-state index contributed by atoms with van der Waals surface area (Å²) in [4.78, 5) is 23.4. The highest BCUT2D eigenvalue weighted by Gasteiger charge is 2.43. The molecule has 0 bridgehead atoms. The van der Waals surface area contributed by atoms with E-state index in [1.807, 2.05) is 0 Å². The summed E-state index contributed by atoms with van der Waals surface area (Å²) in [6.07, 6.45) is 1.65. The van der Waals surface area contributed by atoms with Gasteiger partial charge in [0.2, 0.25) is 0 Å². The molecule has 1 aliphatic carbocycles. The first-order chi connectivity index (χ1) is 6.27. The lowest BCUT2D eigenvalue weighted by molar-refractivity contribution is -0.159. The van der Waals surface area contributed by atoms with Crippen molar-refractivity contribution in [1.29, 1.82) is 0 Å². The van der Waals surface area contributed by atoms with E-state index < -0.39 is 11.5 Å². The fourth-order valence-electron chi connectivity index (χ4n) is 1.71. The van der Waals surface area contributed by atoms with E-state index in [0.717, 1.165) is 0 Å². The highest BCUT2D eigenvalue weighted by atomic mass is 16.5. The number of hydrogen-bond acceptors (Lipinski definition) is 4. The quantitative estimate of drug-likeness (QED) is 0.499. The second kappa shape index (κ2) is 3.29. The van der Waals surface area contributed by atoms with E-state index in [0.29, 0.717) is 10.6 Å². The summed E-state index contributed by atoms with van der Waals surface area (Å²) in [6, 6.07) is -1.05. The largest absolute Gasteiger partial charge is 0.313 e. The summed E-state index contributed by atoms with van der Waals surface area (Å²) < 4.78 is 0. The van der Waals surface area contributed by atoms with Crippen LogP contribution >= 0.6 is 0 Å². The van der Waals surface area contributed by atoms with Crippen LogP contribution in [0.15, 0.2) is 11.6 Å². The first kappa shape index (κ1) is 11.1. The lowest BCUT2D eigenvalue weighted by Gasteiger charge is -2.32. The van der Waals surface area contributed by atoms with Crippen molar-refractivity contribution in [3.05, 3.63) is 11.6 Å². The average molecular weight is 197 g/mol. The standard InChI is InChI=1S/C10H15NO3/c1-6-5-10(2,3)9(13)7(8(6)12)11(4)14/h5,7,14H,1-4H3. The maximum Gasteiger partial charge on any atom is 0.185 e. The van der Waals surface area contributed by atoms with Gasteiger partial charge in [-0.2, -0.15) is 5.06 Å². The molecule has 4 heteroatoms. The van der Waals surface area contributed by atoms with Crippen molar-refractivity contribution in [2.45, 2.75) is 26.8 Å². The van der Waals surface area contributed by atoms with Crippen LogP contribution in [0.25, 0.3) is 0 Å². The van der Waals surface area contributed by atoms with E-state index in [2.05, 4.69) is 0 Å². The number of ketones is 2. The minimum Gasteiger partial charge on any atom is -0.313 e. The van der Waals surface area contributed by atoms with Gasteiger partial charge in [0.15, 0.2) is 17.6 Å². The summed E-state index contributed by atoms with van der Waals surface area (Å²) in [5, 5.41) is 9.92. The summed E-state index contributed by atoms with van der Waals surface area (Å²) in [6.45, 7) is 5.14. The Kier molecular flexibility index (Phi) is 2.61. The minimum atomic E-state index is -1.05. The van der Waals surface area contributed by atoms with Crippen molar-refractivity contribution in [3.8, 4) is 0 Å². The van der Waals surface area contributed by atoms with E-state index in [-0.39, 0.29) is 11.6 Å². The van der Waals surface area contributed by atoms with Crippen LogP contribution in [-0.4, -0.2) is 34.9 Å². The van der Waals surface area contributed by atoms with Gasteiger partial charge in [0, 0.05) is 12.5 Å². The Morgan fingerprint density at radius 1 is 1.43 bits per heavy atom. The molecule has 0 saturated carbocycles. The number of carbonyl (C=O) groups excluding carboxylic acids is 2. The van der Waals surface area contributed by atoms with Crippen molar-refractivity contribution in [3.63, 3.8) is 0 Å². The molecule has 0 amide bonds. The van der Waals surface area contributed by atoms with Crippen molar-refractivity contribution < 1.29 is 14.8 Å². The summed E-state index contributed by atoms with van der Waals surface area (Å²) in [5.41, 5.74) is -0.153. The Bertz CT molecular complexity index is 315. The van der Waals surface area contributed by atoms with Crippen LogP contribution < -0.4 is 0 Å². The Hall–Kier alpha value is -1.00. The number of Topliss-reactive ketones (excluding diaryl/α,β-unsaturated/α-hetero) is 2. The molecular formula is C10H15NO3. The SMILES string of the molecule is CC1=CC(C)(C)C(=O)C(N(C)O)C1=O. The van der Waals surface area contributed by atoms with Gasteiger partial charge >= 0.3 is 0 Å². The van der Waals surface area contributed by atoms with Gasteiger partial charge in [0.25, 0.3) is 0 Å². The first-order valence-electron chi connectivity index (χ1n) is 4.47. The molecule has 1 atom stereocenters. The molecule has 0 aromatic heterocycles. The molecule has 0 heterocycles. The predicted molar refractivity (Wildman–Crippen MR) is 50.9 cm³/mol. The second-order valence-corrected chi connectivity index (χ2v) is 4.25.